The van der Waals surface area contributed by atoms with Gasteiger partial charge in [0.15, 0.2) is 0 Å². The Labute approximate surface area is 115 Å². The van der Waals surface area contributed by atoms with Crippen LogP contribution in [0.25, 0.3) is 0 Å². The minimum Gasteiger partial charge on any atom is -0.283 e. The van der Waals surface area contributed by atoms with Gasteiger partial charge < -0.3 is 0 Å². The SMILES string of the molecule is C#CCCCCN1C(=O)CC2(CCCCC2)CC1=O. The number of hydrogen-bond donors (Lipinski definition) is 0. The van der Waals surface area contributed by atoms with Gasteiger partial charge in [-0.25, -0.2) is 0 Å². The van der Waals surface area contributed by atoms with Gasteiger partial charge in [-0.15, -0.1) is 12.3 Å². The maximum absolute atomic E-state index is 12.2. The Hall–Kier alpha value is -1.30. The van der Waals surface area contributed by atoms with Crippen molar-refractivity contribution < 1.29 is 9.59 Å². The number of piperidine rings is 1. The third-order valence-electron chi connectivity index (χ3n) is 4.52. The molecule has 1 spiro atoms. The lowest BCUT2D eigenvalue weighted by molar-refractivity contribution is -0.154. The molecule has 2 amide bonds. The first-order valence-corrected chi connectivity index (χ1v) is 7.44. The molecule has 104 valence electrons. The van der Waals surface area contributed by atoms with Gasteiger partial charge in [-0.05, 0) is 31.1 Å². The number of carbonyl (C=O) groups is 2. The van der Waals surface area contributed by atoms with Gasteiger partial charge in [-0.2, -0.15) is 0 Å². The molecule has 3 nitrogen and oxygen atoms in total. The summed E-state index contributed by atoms with van der Waals surface area (Å²) in [5, 5.41) is 0. The zero-order chi connectivity index (χ0) is 13.7. The van der Waals surface area contributed by atoms with Crippen LogP contribution in [0.2, 0.25) is 0 Å². The summed E-state index contributed by atoms with van der Waals surface area (Å²) in [6.45, 7) is 0.551. The zero-order valence-corrected chi connectivity index (χ0v) is 11.6. The van der Waals surface area contributed by atoms with Crippen molar-refractivity contribution in [1.82, 2.24) is 4.90 Å². The number of terminal acetylenes is 1. The van der Waals surface area contributed by atoms with E-state index in [1.165, 1.54) is 24.2 Å². The lowest BCUT2D eigenvalue weighted by atomic mass is 9.67. The highest BCUT2D eigenvalue weighted by atomic mass is 16.2. The lowest BCUT2D eigenvalue weighted by Crippen LogP contribution is -2.48. The summed E-state index contributed by atoms with van der Waals surface area (Å²) in [5.41, 5.74) is 0.00172. The van der Waals surface area contributed by atoms with E-state index in [4.69, 9.17) is 6.42 Å². The molecule has 0 aromatic heterocycles. The topological polar surface area (TPSA) is 37.4 Å². The van der Waals surface area contributed by atoms with Crippen molar-refractivity contribution in [1.29, 1.82) is 0 Å². The van der Waals surface area contributed by atoms with Crippen molar-refractivity contribution in [3.05, 3.63) is 0 Å². The second-order valence-electron chi connectivity index (χ2n) is 6.01. The summed E-state index contributed by atoms with van der Waals surface area (Å²) in [6, 6.07) is 0. The van der Waals surface area contributed by atoms with Crippen LogP contribution >= 0.6 is 0 Å². The minimum absolute atomic E-state index is 0.00172. The fourth-order valence-electron chi connectivity index (χ4n) is 3.44. The Morgan fingerprint density at radius 2 is 1.68 bits per heavy atom. The fourth-order valence-corrected chi connectivity index (χ4v) is 3.44. The molecule has 19 heavy (non-hydrogen) atoms. The minimum atomic E-state index is 0.00172. The molecule has 3 heteroatoms. The van der Waals surface area contributed by atoms with Crippen LogP contribution in [0.3, 0.4) is 0 Å². The van der Waals surface area contributed by atoms with Gasteiger partial charge in [-0.1, -0.05) is 19.3 Å². The highest BCUT2D eigenvalue weighted by Gasteiger charge is 2.43. The van der Waals surface area contributed by atoms with E-state index in [0.717, 1.165) is 32.1 Å². The van der Waals surface area contributed by atoms with Crippen molar-refractivity contribution in [3.8, 4) is 12.3 Å². The second-order valence-corrected chi connectivity index (χ2v) is 6.01. The molecule has 1 saturated heterocycles. The molecule has 0 N–H and O–H groups in total. The number of carbonyl (C=O) groups excluding carboxylic acids is 2. The lowest BCUT2D eigenvalue weighted by Gasteiger charge is -2.42. The van der Waals surface area contributed by atoms with E-state index in [1.807, 2.05) is 0 Å². The van der Waals surface area contributed by atoms with Gasteiger partial charge in [0.2, 0.25) is 11.8 Å². The Bertz CT molecular complexity index is 368. The molecule has 0 unspecified atom stereocenters. The number of hydrogen-bond acceptors (Lipinski definition) is 2. The fraction of sp³-hybridized carbons (Fsp3) is 0.750. The number of rotatable bonds is 4. The summed E-state index contributed by atoms with van der Waals surface area (Å²) in [5.74, 6) is 2.67. The molecule has 0 aromatic rings. The number of unbranched alkanes of at least 4 members (excludes halogenated alkanes) is 2. The van der Waals surface area contributed by atoms with Crippen molar-refractivity contribution in [2.24, 2.45) is 5.41 Å². The van der Waals surface area contributed by atoms with E-state index in [2.05, 4.69) is 5.92 Å². The van der Waals surface area contributed by atoms with E-state index in [1.54, 1.807) is 0 Å². The molecule has 1 aliphatic heterocycles. The Kier molecular flexibility index (Phi) is 4.63. The number of imide groups is 1. The molecule has 1 saturated carbocycles. The van der Waals surface area contributed by atoms with Crippen molar-refractivity contribution in [2.75, 3.05) is 6.54 Å². The van der Waals surface area contributed by atoms with Gasteiger partial charge in [0.1, 0.15) is 0 Å². The van der Waals surface area contributed by atoms with Crippen LogP contribution in [0.15, 0.2) is 0 Å². The van der Waals surface area contributed by atoms with E-state index >= 15 is 0 Å². The Morgan fingerprint density at radius 3 is 2.26 bits per heavy atom. The highest BCUT2D eigenvalue weighted by molar-refractivity contribution is 5.98. The van der Waals surface area contributed by atoms with E-state index in [0.29, 0.717) is 19.4 Å². The molecular formula is C16H23NO2. The second kappa shape index (κ2) is 6.23. The average molecular weight is 261 g/mol. The monoisotopic (exact) mass is 261 g/mol. The Morgan fingerprint density at radius 1 is 1.05 bits per heavy atom. The average Bonchev–Trinajstić information content (AvgIpc) is 2.38. The quantitative estimate of drug-likeness (QED) is 0.443. The summed E-state index contributed by atoms with van der Waals surface area (Å²) < 4.78 is 0. The molecule has 1 aliphatic carbocycles. The first kappa shape index (κ1) is 14.1. The molecule has 0 radical (unpaired) electrons. The molecule has 0 bridgehead atoms. The summed E-state index contributed by atoms with van der Waals surface area (Å²) >= 11 is 0. The molecule has 2 aliphatic rings. The van der Waals surface area contributed by atoms with Gasteiger partial charge in [0, 0.05) is 25.8 Å². The van der Waals surface area contributed by atoms with Crippen LogP contribution in [0.1, 0.15) is 64.2 Å². The van der Waals surface area contributed by atoms with Crippen LogP contribution in [0.5, 0.6) is 0 Å². The normalized spacial score (nSPS) is 22.6. The van der Waals surface area contributed by atoms with Crippen LogP contribution in [0, 0.1) is 17.8 Å². The molecule has 2 fully saturated rings. The molecular weight excluding hydrogens is 238 g/mol. The molecule has 0 aromatic carbocycles. The standard InChI is InChI=1S/C16H23NO2/c1-2-3-4-8-11-17-14(18)12-16(13-15(17)19)9-6-5-7-10-16/h1H,3-13H2. The van der Waals surface area contributed by atoms with Crippen molar-refractivity contribution in [3.63, 3.8) is 0 Å². The smallest absolute Gasteiger partial charge is 0.229 e. The van der Waals surface area contributed by atoms with E-state index in [9.17, 15) is 9.59 Å². The Balaban J connectivity index is 1.90. The predicted octanol–water partition coefficient (Wildman–Crippen LogP) is 2.89. The van der Waals surface area contributed by atoms with E-state index in [-0.39, 0.29) is 17.2 Å². The summed E-state index contributed by atoms with van der Waals surface area (Å²) in [4.78, 5) is 25.9. The third-order valence-corrected chi connectivity index (χ3v) is 4.52. The third kappa shape index (κ3) is 3.37. The van der Waals surface area contributed by atoms with Crippen LogP contribution in [-0.2, 0) is 9.59 Å². The summed E-state index contributed by atoms with van der Waals surface area (Å²) in [6.07, 6.45) is 14.5. The van der Waals surface area contributed by atoms with Crippen LogP contribution < -0.4 is 0 Å². The van der Waals surface area contributed by atoms with Gasteiger partial charge in [0.05, 0.1) is 0 Å². The predicted molar refractivity (Wildman–Crippen MR) is 74.2 cm³/mol. The maximum atomic E-state index is 12.2. The highest BCUT2D eigenvalue weighted by Crippen LogP contribution is 2.45. The molecule has 2 rings (SSSR count). The largest absolute Gasteiger partial charge is 0.283 e. The number of amides is 2. The maximum Gasteiger partial charge on any atom is 0.229 e. The first-order valence-electron chi connectivity index (χ1n) is 7.44. The van der Waals surface area contributed by atoms with Crippen LogP contribution in [0.4, 0.5) is 0 Å². The van der Waals surface area contributed by atoms with E-state index < -0.39 is 0 Å². The van der Waals surface area contributed by atoms with Gasteiger partial charge >= 0.3 is 0 Å². The van der Waals surface area contributed by atoms with Crippen molar-refractivity contribution in [2.45, 2.75) is 64.2 Å². The number of nitrogens with zero attached hydrogens (tertiary/aromatic N) is 1. The molecule has 0 atom stereocenters. The van der Waals surface area contributed by atoms with Crippen LogP contribution in [-0.4, -0.2) is 23.3 Å². The van der Waals surface area contributed by atoms with Gasteiger partial charge in [0.25, 0.3) is 0 Å². The first-order chi connectivity index (χ1) is 9.17. The number of likely N-dealkylation sites (tertiary alicyclic amines) is 1. The molecule has 1 heterocycles. The van der Waals surface area contributed by atoms with Gasteiger partial charge in [-0.3, -0.25) is 14.5 Å². The summed E-state index contributed by atoms with van der Waals surface area (Å²) in [7, 11) is 0. The zero-order valence-electron chi connectivity index (χ0n) is 11.6. The van der Waals surface area contributed by atoms with Crippen molar-refractivity contribution >= 4 is 11.8 Å².